The molecule has 4 N–H and O–H groups in total. The Morgan fingerprint density at radius 1 is 0.839 bits per heavy atom. The summed E-state index contributed by atoms with van der Waals surface area (Å²) in [6.45, 7) is 6.53. The summed E-state index contributed by atoms with van der Waals surface area (Å²) >= 11 is 1.95. The van der Waals surface area contributed by atoms with Crippen LogP contribution >= 0.6 is 11.8 Å². The van der Waals surface area contributed by atoms with Crippen molar-refractivity contribution in [3.63, 3.8) is 0 Å². The van der Waals surface area contributed by atoms with Crippen LogP contribution in [0.5, 0.6) is 11.5 Å². The smallest absolute Gasteiger partial charge is 0.249 e. The van der Waals surface area contributed by atoms with E-state index in [-0.39, 0.29) is 29.5 Å². The molecule has 6 aliphatic rings. The van der Waals surface area contributed by atoms with Crippen molar-refractivity contribution in [2.45, 2.75) is 85.6 Å². The maximum absolute atomic E-state index is 13.6. The lowest BCUT2D eigenvalue weighted by molar-refractivity contribution is -0.135. The predicted octanol–water partition coefficient (Wildman–Crippen LogP) is 5.26. The number of amides is 3. The minimum Gasteiger partial charge on any atom is -0.507 e. The molecule has 3 atom stereocenters. The largest absolute Gasteiger partial charge is 0.507 e. The van der Waals surface area contributed by atoms with Crippen LogP contribution in [0.3, 0.4) is 0 Å². The molecular weight excluding hydrogens is 803 g/mol. The van der Waals surface area contributed by atoms with Gasteiger partial charge in [-0.2, -0.15) is 0 Å². The highest BCUT2D eigenvalue weighted by Crippen LogP contribution is 2.44. The van der Waals surface area contributed by atoms with Crippen molar-refractivity contribution >= 4 is 52.4 Å². The van der Waals surface area contributed by atoms with E-state index in [1.807, 2.05) is 36.0 Å². The maximum atomic E-state index is 13.6. The number of nitrogens with two attached hydrogens (primary N) is 1. The second-order valence-electron chi connectivity index (χ2n) is 17.7. The van der Waals surface area contributed by atoms with Crippen LogP contribution < -0.4 is 30.5 Å². The van der Waals surface area contributed by atoms with Gasteiger partial charge in [0.25, 0.3) is 0 Å². The third-order valence-electron chi connectivity index (χ3n) is 13.9. The van der Waals surface area contributed by atoms with Gasteiger partial charge in [-0.05, 0) is 112 Å². The number of hydrogen-bond donors (Lipinski definition) is 3. The fourth-order valence-electron chi connectivity index (χ4n) is 10.7. The quantitative estimate of drug-likeness (QED) is 0.188. The van der Waals surface area contributed by atoms with E-state index in [4.69, 9.17) is 10.5 Å². The van der Waals surface area contributed by atoms with Crippen molar-refractivity contribution in [2.75, 3.05) is 79.4 Å². The molecule has 10 rings (SSSR count). The van der Waals surface area contributed by atoms with E-state index in [1.54, 1.807) is 12.1 Å². The van der Waals surface area contributed by atoms with Crippen molar-refractivity contribution in [3.05, 3.63) is 78.4 Å². The number of nitrogens with zero attached hydrogens (tertiary/aromatic N) is 7. The first-order valence-electron chi connectivity index (χ1n) is 22.3. The zero-order valence-corrected chi connectivity index (χ0v) is 35.8. The van der Waals surface area contributed by atoms with E-state index in [0.29, 0.717) is 72.9 Å². The average Bonchev–Trinajstić information content (AvgIpc) is 3.55. The predicted molar refractivity (Wildman–Crippen MR) is 241 cm³/mol. The number of phenolic OH excluding ortho intramolecular Hbond substituents is 1. The molecule has 4 aromatic rings. The van der Waals surface area contributed by atoms with Crippen molar-refractivity contribution in [1.82, 2.24) is 25.3 Å². The van der Waals surface area contributed by atoms with E-state index < -0.39 is 0 Å². The Morgan fingerprint density at radius 3 is 2.39 bits per heavy atom. The number of fused-ring (bicyclic) bond motifs is 3. The molecule has 15 heteroatoms. The number of piperazine rings is 1. The van der Waals surface area contributed by atoms with Crippen LogP contribution in [-0.2, 0) is 14.4 Å². The number of carbonyl (C=O) groups is 3. The molecule has 1 aromatic heterocycles. The molecule has 14 nitrogen and oxygen atoms in total. The second-order valence-corrected chi connectivity index (χ2v) is 19.0. The van der Waals surface area contributed by atoms with Gasteiger partial charge in [0.2, 0.25) is 17.7 Å². The number of anilines is 4. The lowest BCUT2D eigenvalue weighted by Gasteiger charge is -2.43. The molecule has 0 saturated carbocycles. The summed E-state index contributed by atoms with van der Waals surface area (Å²) in [5, 5.41) is 22.0. The Kier molecular flexibility index (Phi) is 11.3. The van der Waals surface area contributed by atoms with Gasteiger partial charge in [-0.1, -0.05) is 30.3 Å². The summed E-state index contributed by atoms with van der Waals surface area (Å²) in [7, 11) is 0. The van der Waals surface area contributed by atoms with E-state index in [9.17, 15) is 19.5 Å². The van der Waals surface area contributed by atoms with Crippen LogP contribution in [-0.4, -0.2) is 125 Å². The topological polar surface area (TPSA) is 161 Å². The van der Waals surface area contributed by atoms with Crippen molar-refractivity contribution in [3.8, 4) is 22.8 Å². The molecule has 2 bridgehead atoms. The molecule has 0 aliphatic carbocycles. The number of carbonyl (C=O) groups excluding carboxylic acids is 3. The maximum Gasteiger partial charge on any atom is 0.249 e. The number of benzene rings is 3. The number of ether oxygens (including phenoxy) is 1. The third kappa shape index (κ3) is 8.12. The van der Waals surface area contributed by atoms with Crippen molar-refractivity contribution in [1.29, 1.82) is 0 Å². The summed E-state index contributed by atoms with van der Waals surface area (Å²) in [6.07, 6.45) is 6.94. The molecule has 0 unspecified atom stereocenters. The summed E-state index contributed by atoms with van der Waals surface area (Å²) in [5.41, 5.74) is 11.9. The van der Waals surface area contributed by atoms with Crippen molar-refractivity contribution in [2.24, 2.45) is 0 Å². The number of aromatic hydroxyl groups is 1. The van der Waals surface area contributed by atoms with Gasteiger partial charge < -0.3 is 35.2 Å². The van der Waals surface area contributed by atoms with Gasteiger partial charge in [0.1, 0.15) is 24.1 Å². The number of nitrogen functional groups attached to an aromatic ring is 1. The van der Waals surface area contributed by atoms with Gasteiger partial charge in [0.15, 0.2) is 5.82 Å². The standard InChI is InChI=1S/C47H55N9O5S/c48-46-41(26-38(50-51-46)37-7-1-2-10-42(37)57)54-27-32-11-12-33(28-54)56(32)31-5-3-6-35(25-31)62-34-17-21-53(22-18-34)44(59)29-52-19-15-30(16-20-52)36-8-4-9-39-45(36)61-24-23-55(39)40-13-14-43(58)49-47(40)60/h1-10,25-26,30,32-34,40,57H,11-24,27-29H2,(H2,48,51)(H,49,58,60)/t32-,33+,40-/m0/s1. The van der Waals surface area contributed by atoms with Crippen LogP contribution in [0.4, 0.5) is 22.9 Å². The normalized spacial score (nSPS) is 23.6. The highest BCUT2D eigenvalue weighted by Gasteiger charge is 2.41. The molecule has 7 heterocycles. The van der Waals surface area contributed by atoms with Gasteiger partial charge in [0, 0.05) is 66.1 Å². The fourth-order valence-corrected chi connectivity index (χ4v) is 11.9. The van der Waals surface area contributed by atoms with Gasteiger partial charge in [-0.3, -0.25) is 24.6 Å². The molecule has 6 aliphatic heterocycles. The van der Waals surface area contributed by atoms with Gasteiger partial charge in [-0.25, -0.2) is 0 Å². The molecule has 62 heavy (non-hydrogen) atoms. The van der Waals surface area contributed by atoms with Gasteiger partial charge in [-0.15, -0.1) is 22.0 Å². The van der Waals surface area contributed by atoms with Crippen molar-refractivity contribution < 1.29 is 24.2 Å². The highest BCUT2D eigenvalue weighted by molar-refractivity contribution is 8.00. The first-order valence-corrected chi connectivity index (χ1v) is 23.2. The number of phenols is 1. The van der Waals surface area contributed by atoms with Crippen LogP contribution in [0.1, 0.15) is 62.8 Å². The molecule has 324 valence electrons. The fraction of sp³-hybridized carbons (Fsp3) is 0.468. The minimum absolute atomic E-state index is 0.172. The highest BCUT2D eigenvalue weighted by atomic mass is 32.2. The van der Waals surface area contributed by atoms with E-state index in [2.05, 4.69) is 76.4 Å². The SMILES string of the molecule is Nc1nnc(-c2ccccc2O)cc1N1C[C@H]2CC[C@@H](C1)N2c1cccc(SC2CCN(C(=O)CN3CCC(c4cccc5c4OCCN5[C@H]4CCC(=O)NC4=O)CC3)CC2)c1. The number of aromatic nitrogens is 2. The molecule has 5 fully saturated rings. The molecule has 0 radical (unpaired) electrons. The van der Waals surface area contributed by atoms with E-state index in [1.165, 1.54) is 16.1 Å². The average molecular weight is 858 g/mol. The first kappa shape index (κ1) is 40.5. The number of likely N-dealkylation sites (tertiary alicyclic amines) is 2. The van der Waals surface area contributed by atoms with E-state index in [0.717, 1.165) is 94.9 Å². The molecule has 3 amide bonds. The second kappa shape index (κ2) is 17.3. The summed E-state index contributed by atoms with van der Waals surface area (Å²) in [4.78, 5) is 50.8. The Hall–Kier alpha value is -5.54. The Bertz CT molecular complexity index is 2320. The lowest BCUT2D eigenvalue weighted by atomic mass is 9.87. The monoisotopic (exact) mass is 857 g/mol. The Labute approximate surface area is 366 Å². The van der Waals surface area contributed by atoms with Crippen LogP contribution in [0.15, 0.2) is 77.7 Å². The molecule has 5 saturated heterocycles. The van der Waals surface area contributed by atoms with Gasteiger partial charge >= 0.3 is 0 Å². The van der Waals surface area contributed by atoms with Crippen LogP contribution in [0, 0.1) is 0 Å². The number of imide groups is 1. The number of piperidine rings is 3. The molecular formula is C47H55N9O5S. The lowest BCUT2D eigenvalue weighted by Crippen LogP contribution is -2.54. The Morgan fingerprint density at radius 2 is 1.61 bits per heavy atom. The van der Waals surface area contributed by atoms with Gasteiger partial charge in [0.05, 0.1) is 30.2 Å². The van der Waals surface area contributed by atoms with E-state index >= 15 is 0 Å². The molecule has 3 aromatic carbocycles. The minimum atomic E-state index is -0.367. The summed E-state index contributed by atoms with van der Waals surface area (Å²) < 4.78 is 6.25. The van der Waals surface area contributed by atoms with Crippen LogP contribution in [0.25, 0.3) is 11.3 Å². The third-order valence-corrected chi connectivity index (χ3v) is 15.2. The number of hydrogen-bond acceptors (Lipinski definition) is 13. The zero-order chi connectivity index (χ0) is 42.3. The number of thioether (sulfide) groups is 1. The zero-order valence-electron chi connectivity index (χ0n) is 35.0. The summed E-state index contributed by atoms with van der Waals surface area (Å²) in [5.74, 6) is 1.55. The number of para-hydroxylation sites is 2. The molecule has 0 spiro atoms. The summed E-state index contributed by atoms with van der Waals surface area (Å²) in [6, 6.07) is 24.7. The van der Waals surface area contributed by atoms with Crippen LogP contribution in [0.2, 0.25) is 0 Å². The first-order chi connectivity index (χ1) is 30.3. The number of rotatable bonds is 9. The Balaban J connectivity index is 0.703. The number of nitrogens with one attached hydrogen (secondary N) is 1.